The number of rotatable bonds is 8. The van der Waals surface area contributed by atoms with Crippen LogP contribution in [0.3, 0.4) is 0 Å². The number of thiophene rings is 1. The van der Waals surface area contributed by atoms with E-state index in [1.54, 1.807) is 7.11 Å². The first-order valence-electron chi connectivity index (χ1n) is 13.0. The lowest BCUT2D eigenvalue weighted by molar-refractivity contribution is 0.0604. The first-order valence-corrected chi connectivity index (χ1v) is 14.7. The molecule has 1 heterocycles. The van der Waals surface area contributed by atoms with E-state index in [0.717, 1.165) is 63.8 Å². The zero-order valence-electron chi connectivity index (χ0n) is 22.1. The molecule has 1 aromatic heterocycles. The Balaban J connectivity index is 0.00000353. The fourth-order valence-electron chi connectivity index (χ4n) is 5.38. The largest absolute Gasteiger partial charge is 0.496 e. The van der Waals surface area contributed by atoms with E-state index in [1.807, 2.05) is 54.4 Å². The van der Waals surface area contributed by atoms with Crippen molar-refractivity contribution in [3.05, 3.63) is 87.8 Å². The number of amides is 1. The molecular weight excluding hydrogens is 571 g/mol. The van der Waals surface area contributed by atoms with Crippen molar-refractivity contribution < 1.29 is 9.53 Å². The Hall–Kier alpha value is -2.28. The van der Waals surface area contributed by atoms with Crippen LogP contribution in [0.1, 0.15) is 46.5 Å². The summed E-state index contributed by atoms with van der Waals surface area (Å²) in [4.78, 5) is 16.8. The fraction of sp³-hybridized carbons (Fsp3) is 0.323. The van der Waals surface area contributed by atoms with Crippen LogP contribution >= 0.6 is 46.9 Å². The maximum absolute atomic E-state index is 14.2. The van der Waals surface area contributed by atoms with Gasteiger partial charge < -0.3 is 15.0 Å². The number of methoxy groups -OCH3 is 1. The number of nitrogens with zero attached hydrogens (tertiary/aromatic N) is 1. The van der Waals surface area contributed by atoms with Gasteiger partial charge in [-0.2, -0.15) is 0 Å². The summed E-state index contributed by atoms with van der Waals surface area (Å²) < 4.78 is 6.79. The molecule has 8 heteroatoms. The zero-order chi connectivity index (χ0) is 26.6. The van der Waals surface area contributed by atoms with Crippen molar-refractivity contribution in [2.24, 2.45) is 0 Å². The van der Waals surface area contributed by atoms with Gasteiger partial charge in [-0.25, -0.2) is 0 Å². The number of carbonyl (C=O) groups excluding carboxylic acids is 1. The molecule has 206 valence electrons. The van der Waals surface area contributed by atoms with E-state index in [9.17, 15) is 4.79 Å². The highest BCUT2D eigenvalue weighted by molar-refractivity contribution is 7.21. The number of benzene rings is 3. The summed E-state index contributed by atoms with van der Waals surface area (Å²) >= 11 is 14.3. The molecule has 1 aliphatic carbocycles. The zero-order valence-corrected chi connectivity index (χ0v) is 25.2. The van der Waals surface area contributed by atoms with E-state index >= 15 is 0 Å². The fourth-order valence-corrected chi connectivity index (χ4v) is 7.02. The maximum Gasteiger partial charge on any atom is 0.266 e. The predicted octanol–water partition coefficient (Wildman–Crippen LogP) is 8.56. The molecule has 0 aliphatic heterocycles. The molecule has 39 heavy (non-hydrogen) atoms. The summed E-state index contributed by atoms with van der Waals surface area (Å²) in [6.45, 7) is 0.453. The summed E-state index contributed by atoms with van der Waals surface area (Å²) in [7, 11) is 3.70. The van der Waals surface area contributed by atoms with Crippen LogP contribution in [0.2, 0.25) is 5.02 Å². The normalized spacial score (nSPS) is 17.0. The molecule has 0 spiro atoms. The van der Waals surface area contributed by atoms with E-state index in [2.05, 4.69) is 29.6 Å². The van der Waals surface area contributed by atoms with E-state index in [1.165, 1.54) is 11.3 Å². The number of nitrogens with one attached hydrogen (secondary N) is 1. The average molecular weight is 604 g/mol. The first kappa shape index (κ1) is 29.7. The van der Waals surface area contributed by atoms with E-state index in [4.69, 9.17) is 27.9 Å². The van der Waals surface area contributed by atoms with Gasteiger partial charge in [-0.3, -0.25) is 4.79 Å². The van der Waals surface area contributed by atoms with Gasteiger partial charge in [-0.05, 0) is 67.6 Å². The Labute approximate surface area is 250 Å². The average Bonchev–Trinajstić information content (AvgIpc) is 3.32. The molecule has 4 nitrogen and oxygen atoms in total. The van der Waals surface area contributed by atoms with Crippen LogP contribution in [-0.4, -0.2) is 37.0 Å². The predicted molar refractivity (Wildman–Crippen MR) is 167 cm³/mol. The summed E-state index contributed by atoms with van der Waals surface area (Å²) in [5, 5.41) is 4.88. The molecule has 3 aromatic carbocycles. The van der Waals surface area contributed by atoms with Gasteiger partial charge in [0.15, 0.2) is 0 Å². The number of fused-ring (bicyclic) bond motifs is 1. The molecule has 1 fully saturated rings. The number of alkyl halides is 1. The second-order valence-electron chi connectivity index (χ2n) is 9.83. The van der Waals surface area contributed by atoms with Crippen molar-refractivity contribution in [1.82, 2.24) is 10.2 Å². The number of halogens is 3. The van der Waals surface area contributed by atoms with Gasteiger partial charge in [0, 0.05) is 40.2 Å². The topological polar surface area (TPSA) is 41.6 Å². The Morgan fingerprint density at radius 3 is 2.36 bits per heavy atom. The van der Waals surface area contributed by atoms with Gasteiger partial charge in [-0.15, -0.1) is 35.3 Å². The summed E-state index contributed by atoms with van der Waals surface area (Å²) in [6, 6.07) is 23.0. The van der Waals surface area contributed by atoms with Crippen molar-refractivity contribution in [3.63, 3.8) is 0 Å². The van der Waals surface area contributed by atoms with Gasteiger partial charge in [0.25, 0.3) is 5.91 Å². The standard InChI is InChI=1S/C31H32Cl2N2O2S.ClH/c1-34-24-12-14-25(15-13-24)35(31(36)30-29(33)26-5-3-4-6-28(26)38-30)19-23-17-22(11-16-27(23)37-2)21-9-7-20(18-32)8-10-21;/h3-11,16-17,24-25,34H,12-15,18-19H2,1-2H3;1H. The molecule has 1 saturated carbocycles. The Morgan fingerprint density at radius 1 is 1.03 bits per heavy atom. The van der Waals surface area contributed by atoms with Crippen molar-refractivity contribution >= 4 is 62.9 Å². The maximum atomic E-state index is 14.2. The minimum absolute atomic E-state index is 0. The highest BCUT2D eigenvalue weighted by atomic mass is 35.5. The minimum atomic E-state index is -0.0111. The number of ether oxygens (including phenoxy) is 1. The first-order chi connectivity index (χ1) is 18.5. The van der Waals surface area contributed by atoms with Gasteiger partial charge in [0.05, 0.1) is 12.1 Å². The molecular formula is C31H33Cl3N2O2S. The van der Waals surface area contributed by atoms with Gasteiger partial charge in [0.1, 0.15) is 10.6 Å². The van der Waals surface area contributed by atoms with Gasteiger partial charge in [-0.1, -0.05) is 60.1 Å². The van der Waals surface area contributed by atoms with Crippen LogP contribution < -0.4 is 10.1 Å². The summed E-state index contributed by atoms with van der Waals surface area (Å²) in [6.07, 6.45) is 3.97. The molecule has 1 amide bonds. The quantitative estimate of drug-likeness (QED) is 0.205. The van der Waals surface area contributed by atoms with Gasteiger partial charge >= 0.3 is 0 Å². The molecule has 0 unspecified atom stereocenters. The van der Waals surface area contributed by atoms with E-state index in [-0.39, 0.29) is 24.4 Å². The van der Waals surface area contributed by atoms with Crippen LogP contribution in [0.5, 0.6) is 5.75 Å². The number of hydrogen-bond donors (Lipinski definition) is 1. The van der Waals surface area contributed by atoms with Crippen LogP contribution in [0, 0.1) is 0 Å². The Bertz CT molecular complexity index is 1420. The third kappa shape index (κ3) is 6.39. The number of hydrogen-bond acceptors (Lipinski definition) is 4. The van der Waals surface area contributed by atoms with Crippen molar-refractivity contribution in [1.29, 1.82) is 0 Å². The molecule has 5 rings (SSSR count). The van der Waals surface area contributed by atoms with Crippen molar-refractivity contribution in [3.8, 4) is 16.9 Å². The molecule has 4 aromatic rings. The minimum Gasteiger partial charge on any atom is -0.496 e. The summed E-state index contributed by atoms with van der Waals surface area (Å²) in [5.41, 5.74) is 4.24. The SMILES string of the molecule is CNC1CCC(N(Cc2cc(-c3ccc(CCl)cc3)ccc2OC)C(=O)c2sc3ccccc3c2Cl)CC1.Cl. The number of carbonyl (C=O) groups is 1. The lowest BCUT2D eigenvalue weighted by Crippen LogP contribution is -2.44. The second kappa shape index (κ2) is 13.4. The van der Waals surface area contributed by atoms with E-state index < -0.39 is 0 Å². The second-order valence-corrected chi connectivity index (χ2v) is 11.5. The monoisotopic (exact) mass is 602 g/mol. The summed E-state index contributed by atoms with van der Waals surface area (Å²) in [5.74, 6) is 1.25. The lowest BCUT2D eigenvalue weighted by atomic mass is 9.89. The van der Waals surface area contributed by atoms with Crippen LogP contribution in [0.25, 0.3) is 21.2 Å². The third-order valence-corrected chi connectivity index (χ3v) is 9.57. The molecule has 0 radical (unpaired) electrons. The third-order valence-electron chi connectivity index (χ3n) is 7.60. The Kier molecular flexibility index (Phi) is 10.2. The highest BCUT2D eigenvalue weighted by Gasteiger charge is 2.32. The van der Waals surface area contributed by atoms with Crippen LogP contribution in [-0.2, 0) is 12.4 Å². The van der Waals surface area contributed by atoms with Crippen molar-refractivity contribution in [2.75, 3.05) is 14.2 Å². The lowest BCUT2D eigenvalue weighted by Gasteiger charge is -2.37. The van der Waals surface area contributed by atoms with Crippen molar-refractivity contribution in [2.45, 2.75) is 50.2 Å². The molecule has 1 N–H and O–H groups in total. The van der Waals surface area contributed by atoms with E-state index in [0.29, 0.717) is 28.4 Å². The van der Waals surface area contributed by atoms with Crippen LogP contribution in [0.4, 0.5) is 0 Å². The van der Waals surface area contributed by atoms with Crippen LogP contribution in [0.15, 0.2) is 66.7 Å². The molecule has 1 aliphatic rings. The Morgan fingerprint density at radius 2 is 1.72 bits per heavy atom. The molecule has 0 atom stereocenters. The molecule has 0 saturated heterocycles. The smallest absolute Gasteiger partial charge is 0.266 e. The van der Waals surface area contributed by atoms with Gasteiger partial charge in [0.2, 0.25) is 0 Å². The highest BCUT2D eigenvalue weighted by Crippen LogP contribution is 2.38. The molecule has 0 bridgehead atoms.